The van der Waals surface area contributed by atoms with Gasteiger partial charge in [-0.25, -0.2) is 4.68 Å². The summed E-state index contributed by atoms with van der Waals surface area (Å²) in [5.74, 6) is 0.685. The minimum Gasteiger partial charge on any atom is -0.318 e. The molecule has 0 bridgehead atoms. The van der Waals surface area contributed by atoms with Crippen molar-refractivity contribution >= 4 is 17.5 Å². The van der Waals surface area contributed by atoms with Gasteiger partial charge >= 0.3 is 0 Å². The number of thioether (sulfide) groups is 1. The van der Waals surface area contributed by atoms with Crippen molar-refractivity contribution in [3.63, 3.8) is 0 Å². The molecule has 142 valence electrons. The van der Waals surface area contributed by atoms with Crippen LogP contribution in [0.1, 0.15) is 23.0 Å². The van der Waals surface area contributed by atoms with Gasteiger partial charge in [0.2, 0.25) is 5.16 Å². The Kier molecular flexibility index (Phi) is 4.63. The maximum atomic E-state index is 6.46. The Morgan fingerprint density at radius 2 is 1.38 bits per heavy atom. The number of nitrogens with two attached hydrogens (primary N) is 1. The predicted molar refractivity (Wildman–Crippen MR) is 118 cm³/mol. The molecule has 0 spiro atoms. The van der Waals surface area contributed by atoms with E-state index in [4.69, 9.17) is 5.73 Å². The second kappa shape index (κ2) is 7.58. The molecule has 6 heteroatoms. The number of fused-ring (bicyclic) bond motifs is 1. The third kappa shape index (κ3) is 3.44. The van der Waals surface area contributed by atoms with Crippen LogP contribution in [0.25, 0.3) is 16.8 Å². The van der Waals surface area contributed by atoms with Gasteiger partial charge in [-0.3, -0.25) is 5.43 Å². The van der Waals surface area contributed by atoms with Crippen molar-refractivity contribution < 1.29 is 0 Å². The van der Waals surface area contributed by atoms with Gasteiger partial charge in [0, 0.05) is 5.41 Å². The monoisotopic (exact) mass is 397 g/mol. The largest absolute Gasteiger partial charge is 0.318 e. The smallest absolute Gasteiger partial charge is 0.214 e. The number of hydrogen-bond donors (Lipinski definition) is 2. The maximum absolute atomic E-state index is 6.46. The number of rotatable bonds is 4. The first kappa shape index (κ1) is 17.7. The van der Waals surface area contributed by atoms with E-state index in [0.29, 0.717) is 5.82 Å². The van der Waals surface area contributed by atoms with Crippen LogP contribution in [0.15, 0.2) is 95.5 Å². The van der Waals surface area contributed by atoms with Crippen LogP contribution in [0.2, 0.25) is 0 Å². The van der Waals surface area contributed by atoms with E-state index < -0.39 is 0 Å². The number of hydrogen-bond acceptors (Lipinski definition) is 5. The minimum absolute atomic E-state index is 0.356. The lowest BCUT2D eigenvalue weighted by Gasteiger charge is -2.21. The Hall–Kier alpha value is -3.35. The fraction of sp³-hybridized carbons (Fsp3) is 0.0435. The number of nitrogens with one attached hydrogen (secondary N) is 1. The molecule has 0 fully saturated rings. The van der Waals surface area contributed by atoms with Crippen molar-refractivity contribution in [3.8, 4) is 11.1 Å². The third-order valence-electron chi connectivity index (χ3n) is 4.91. The van der Waals surface area contributed by atoms with Crippen molar-refractivity contribution in [1.82, 2.24) is 14.9 Å². The van der Waals surface area contributed by atoms with Crippen LogP contribution in [-0.4, -0.2) is 14.9 Å². The van der Waals surface area contributed by atoms with Gasteiger partial charge in [-0.05, 0) is 22.3 Å². The molecule has 4 aromatic rings. The molecule has 29 heavy (non-hydrogen) atoms. The highest BCUT2D eigenvalue weighted by Gasteiger charge is 2.23. The first-order valence-electron chi connectivity index (χ1n) is 9.35. The SMILES string of the molecule is N[C@H](c1ccccc1)c1nnc2n1NC(c1ccc(-c3ccccc3)cc1)=CS2. The van der Waals surface area contributed by atoms with Crippen molar-refractivity contribution in [2.75, 3.05) is 5.43 Å². The average Bonchev–Trinajstić information content (AvgIpc) is 3.23. The van der Waals surface area contributed by atoms with Gasteiger partial charge in [-0.1, -0.05) is 96.7 Å². The molecule has 1 aliphatic rings. The normalized spacial score (nSPS) is 13.9. The van der Waals surface area contributed by atoms with Crippen molar-refractivity contribution in [2.24, 2.45) is 5.73 Å². The summed E-state index contributed by atoms with van der Waals surface area (Å²) in [6, 6.07) is 28.4. The summed E-state index contributed by atoms with van der Waals surface area (Å²) in [5, 5.41) is 11.4. The van der Waals surface area contributed by atoms with E-state index in [1.165, 1.54) is 22.9 Å². The summed E-state index contributed by atoms with van der Waals surface area (Å²) >= 11 is 1.53. The van der Waals surface area contributed by atoms with E-state index >= 15 is 0 Å². The van der Waals surface area contributed by atoms with Crippen LogP contribution in [0.4, 0.5) is 0 Å². The van der Waals surface area contributed by atoms with Gasteiger partial charge < -0.3 is 5.73 Å². The van der Waals surface area contributed by atoms with Gasteiger partial charge in [-0.15, -0.1) is 10.2 Å². The summed E-state index contributed by atoms with van der Waals surface area (Å²) in [5.41, 5.74) is 15.4. The highest BCUT2D eigenvalue weighted by molar-refractivity contribution is 8.02. The molecule has 3 N–H and O–H groups in total. The molecular formula is C23H19N5S. The average molecular weight is 398 g/mol. The van der Waals surface area contributed by atoms with Gasteiger partial charge in [0.25, 0.3) is 0 Å². The topological polar surface area (TPSA) is 68.8 Å². The molecule has 0 radical (unpaired) electrons. The molecule has 5 rings (SSSR count). The lowest BCUT2D eigenvalue weighted by atomic mass is 10.0. The van der Waals surface area contributed by atoms with Crippen LogP contribution in [0, 0.1) is 0 Å². The lowest BCUT2D eigenvalue weighted by Crippen LogP contribution is -2.25. The van der Waals surface area contributed by atoms with Crippen LogP contribution in [0.3, 0.4) is 0 Å². The van der Waals surface area contributed by atoms with Crippen molar-refractivity contribution in [2.45, 2.75) is 11.2 Å². The molecule has 0 saturated carbocycles. The zero-order valence-electron chi connectivity index (χ0n) is 15.6. The standard InChI is InChI=1S/C23H19N5S/c24-21(19-9-5-2-6-10-19)22-25-26-23-28(22)27-20(15-29-23)18-13-11-17(12-14-18)16-7-3-1-4-8-16/h1-15,21,27H,24H2/t21-/m1/s1. The maximum Gasteiger partial charge on any atom is 0.214 e. The molecule has 5 nitrogen and oxygen atoms in total. The summed E-state index contributed by atoms with van der Waals surface area (Å²) < 4.78 is 1.88. The second-order valence-electron chi connectivity index (χ2n) is 6.77. The Labute approximate surface area is 173 Å². The van der Waals surface area contributed by atoms with Crippen molar-refractivity contribution in [1.29, 1.82) is 0 Å². The Morgan fingerprint density at radius 1 is 0.759 bits per heavy atom. The highest BCUT2D eigenvalue weighted by atomic mass is 32.2. The Morgan fingerprint density at radius 3 is 2.10 bits per heavy atom. The highest BCUT2D eigenvalue weighted by Crippen LogP contribution is 2.31. The predicted octanol–water partition coefficient (Wildman–Crippen LogP) is 4.64. The third-order valence-corrected chi connectivity index (χ3v) is 5.74. The molecule has 2 heterocycles. The van der Waals surface area contributed by atoms with Gasteiger partial charge in [0.1, 0.15) is 0 Å². The minimum atomic E-state index is -0.356. The van der Waals surface area contributed by atoms with Gasteiger partial charge in [-0.2, -0.15) is 0 Å². The number of nitrogens with zero attached hydrogens (tertiary/aromatic N) is 3. The molecule has 0 aliphatic carbocycles. The van der Waals surface area contributed by atoms with Crippen LogP contribution in [0.5, 0.6) is 0 Å². The summed E-state index contributed by atoms with van der Waals surface area (Å²) in [6.45, 7) is 0. The Bertz CT molecular complexity index is 1150. The van der Waals surface area contributed by atoms with E-state index in [-0.39, 0.29) is 6.04 Å². The fourth-order valence-corrected chi connectivity index (χ4v) is 4.08. The molecule has 1 aromatic heterocycles. The summed E-state index contributed by atoms with van der Waals surface area (Å²) in [6.07, 6.45) is 0. The van der Waals surface area contributed by atoms with Gasteiger partial charge in [0.05, 0.1) is 11.7 Å². The van der Waals surface area contributed by atoms with E-state index in [1.54, 1.807) is 0 Å². The second-order valence-corrected chi connectivity index (χ2v) is 7.61. The Balaban J connectivity index is 1.41. The van der Waals surface area contributed by atoms with E-state index in [1.807, 2.05) is 41.1 Å². The first-order chi connectivity index (χ1) is 14.3. The first-order valence-corrected chi connectivity index (χ1v) is 10.2. The number of benzene rings is 3. The zero-order chi connectivity index (χ0) is 19.6. The quantitative estimate of drug-likeness (QED) is 0.525. The van der Waals surface area contributed by atoms with E-state index in [2.05, 4.69) is 69.6 Å². The van der Waals surface area contributed by atoms with Crippen LogP contribution < -0.4 is 11.2 Å². The molecule has 1 atom stereocenters. The van der Waals surface area contributed by atoms with E-state index in [0.717, 1.165) is 22.0 Å². The molecular weight excluding hydrogens is 378 g/mol. The van der Waals surface area contributed by atoms with Crippen LogP contribution >= 0.6 is 11.8 Å². The van der Waals surface area contributed by atoms with E-state index in [9.17, 15) is 0 Å². The van der Waals surface area contributed by atoms with Gasteiger partial charge in [0.15, 0.2) is 5.82 Å². The molecule has 0 saturated heterocycles. The fourth-order valence-electron chi connectivity index (χ4n) is 3.34. The summed E-state index contributed by atoms with van der Waals surface area (Å²) in [7, 11) is 0. The lowest BCUT2D eigenvalue weighted by molar-refractivity contribution is 0.705. The summed E-state index contributed by atoms with van der Waals surface area (Å²) in [4.78, 5) is 0. The zero-order valence-corrected chi connectivity index (χ0v) is 16.4. The van der Waals surface area contributed by atoms with Crippen molar-refractivity contribution in [3.05, 3.63) is 107 Å². The molecule has 0 amide bonds. The van der Waals surface area contributed by atoms with Crippen LogP contribution in [-0.2, 0) is 0 Å². The number of aromatic nitrogens is 3. The molecule has 3 aromatic carbocycles. The molecule has 1 aliphatic heterocycles. The molecule has 0 unspecified atom stereocenters.